The number of hydrogen-bond acceptors (Lipinski definition) is 4. The Balaban J connectivity index is 1.76. The average molecular weight is 320 g/mol. The summed E-state index contributed by atoms with van der Waals surface area (Å²) in [5.41, 5.74) is 0.548. The van der Waals surface area contributed by atoms with Crippen molar-refractivity contribution in [3.63, 3.8) is 0 Å². The van der Waals surface area contributed by atoms with Gasteiger partial charge in [-0.1, -0.05) is 35.5 Å². The van der Waals surface area contributed by atoms with Crippen LogP contribution in [0.5, 0.6) is 0 Å². The maximum Gasteiger partial charge on any atom is 0.320 e. The van der Waals surface area contributed by atoms with E-state index in [0.29, 0.717) is 10.6 Å². The van der Waals surface area contributed by atoms with Crippen LogP contribution < -0.4 is 10.6 Å². The lowest BCUT2D eigenvalue weighted by atomic mass is 9.91. The molecule has 0 aliphatic heterocycles. The lowest BCUT2D eigenvalue weighted by Gasteiger charge is -2.25. The first-order valence-corrected chi connectivity index (χ1v) is 8.10. The Kier molecular flexibility index (Phi) is 4.62. The molecule has 1 aromatic heterocycles. The summed E-state index contributed by atoms with van der Waals surface area (Å²) in [6.07, 6.45) is 5.73. The van der Waals surface area contributed by atoms with E-state index in [1.165, 1.54) is 12.3 Å². The number of nitrogens with zero attached hydrogens (tertiary/aromatic N) is 2. The number of halogens is 1. The van der Waals surface area contributed by atoms with Crippen molar-refractivity contribution < 1.29 is 9.18 Å². The van der Waals surface area contributed by atoms with Gasteiger partial charge >= 0.3 is 6.03 Å². The Morgan fingerprint density at radius 2 is 2.09 bits per heavy atom. The van der Waals surface area contributed by atoms with Gasteiger partial charge in [0.15, 0.2) is 0 Å². The van der Waals surface area contributed by atoms with E-state index < -0.39 is 0 Å². The van der Waals surface area contributed by atoms with Crippen molar-refractivity contribution in [2.24, 2.45) is 5.92 Å². The van der Waals surface area contributed by atoms with Gasteiger partial charge in [0.1, 0.15) is 10.8 Å². The third-order valence-corrected chi connectivity index (χ3v) is 4.58. The molecule has 1 saturated carbocycles. The minimum atomic E-state index is -0.355. The van der Waals surface area contributed by atoms with Gasteiger partial charge in [0, 0.05) is 17.1 Å². The molecule has 0 radical (unpaired) electrons. The first-order valence-electron chi connectivity index (χ1n) is 7.33. The zero-order valence-electron chi connectivity index (χ0n) is 12.0. The number of hydrogen-bond donors (Lipinski definition) is 2. The van der Waals surface area contributed by atoms with E-state index in [4.69, 9.17) is 0 Å². The van der Waals surface area contributed by atoms with Crippen molar-refractivity contribution in [2.45, 2.75) is 31.7 Å². The fourth-order valence-corrected chi connectivity index (χ4v) is 3.39. The topological polar surface area (TPSA) is 66.9 Å². The standard InChI is InChI=1S/C15H17FN4OS/c16-12-8-4-3-7-11(12)14(10-5-1-2-6-10)19-15(21)18-13-9-17-20-22-13/h3-4,7-10,14H,1-2,5-6H2,(H2,18,19,21). The predicted molar refractivity (Wildman–Crippen MR) is 83.2 cm³/mol. The first-order chi connectivity index (χ1) is 10.7. The lowest BCUT2D eigenvalue weighted by molar-refractivity contribution is 0.242. The number of amides is 2. The van der Waals surface area contributed by atoms with Gasteiger partial charge in [0.25, 0.3) is 0 Å². The smallest absolute Gasteiger partial charge is 0.320 e. The number of anilines is 1. The molecule has 5 nitrogen and oxygen atoms in total. The number of carbonyl (C=O) groups excluding carboxylic acids is 1. The van der Waals surface area contributed by atoms with Gasteiger partial charge in [-0.15, -0.1) is 5.10 Å². The number of carbonyl (C=O) groups is 1. The van der Waals surface area contributed by atoms with E-state index >= 15 is 0 Å². The molecular weight excluding hydrogens is 303 g/mol. The van der Waals surface area contributed by atoms with Crippen LogP contribution in [0.3, 0.4) is 0 Å². The highest BCUT2D eigenvalue weighted by molar-refractivity contribution is 7.10. The molecule has 0 saturated heterocycles. The van der Waals surface area contributed by atoms with Crippen LogP contribution in [-0.2, 0) is 0 Å². The van der Waals surface area contributed by atoms with Gasteiger partial charge in [-0.3, -0.25) is 5.32 Å². The van der Waals surface area contributed by atoms with Crippen LogP contribution in [0.1, 0.15) is 37.3 Å². The Labute approximate surface area is 132 Å². The lowest BCUT2D eigenvalue weighted by Crippen LogP contribution is -2.36. The Bertz CT molecular complexity index is 628. The number of benzene rings is 1. The molecule has 1 atom stereocenters. The second kappa shape index (κ2) is 6.83. The van der Waals surface area contributed by atoms with Crippen molar-refractivity contribution in [2.75, 3.05) is 5.32 Å². The predicted octanol–water partition coefficient (Wildman–Crippen LogP) is 3.73. The van der Waals surface area contributed by atoms with Crippen molar-refractivity contribution in [3.05, 3.63) is 41.8 Å². The van der Waals surface area contributed by atoms with Crippen LogP contribution in [0.15, 0.2) is 30.5 Å². The molecule has 1 aliphatic rings. The van der Waals surface area contributed by atoms with Crippen LogP contribution in [0, 0.1) is 11.7 Å². The van der Waals surface area contributed by atoms with Gasteiger partial charge < -0.3 is 5.32 Å². The average Bonchev–Trinajstić information content (AvgIpc) is 3.19. The van der Waals surface area contributed by atoms with E-state index in [9.17, 15) is 9.18 Å². The number of rotatable bonds is 4. The number of urea groups is 1. The van der Waals surface area contributed by atoms with Gasteiger partial charge in [0.2, 0.25) is 0 Å². The Morgan fingerprint density at radius 3 is 2.77 bits per heavy atom. The SMILES string of the molecule is O=C(Nc1cnns1)NC(c1ccccc1F)C1CCCC1. The summed E-state index contributed by atoms with van der Waals surface area (Å²) in [5, 5.41) is 9.84. The molecule has 1 fully saturated rings. The molecule has 0 spiro atoms. The molecule has 0 bridgehead atoms. The molecule has 1 heterocycles. The van der Waals surface area contributed by atoms with Crippen LogP contribution >= 0.6 is 11.5 Å². The summed E-state index contributed by atoms with van der Waals surface area (Å²) in [7, 11) is 0. The molecule has 1 unspecified atom stereocenters. The van der Waals surface area contributed by atoms with Crippen LogP contribution in [0.2, 0.25) is 0 Å². The van der Waals surface area contributed by atoms with Gasteiger partial charge in [-0.05, 0) is 24.8 Å². The molecule has 1 aromatic carbocycles. The van der Waals surface area contributed by atoms with Crippen LogP contribution in [0.25, 0.3) is 0 Å². The maximum atomic E-state index is 14.1. The van der Waals surface area contributed by atoms with E-state index in [-0.39, 0.29) is 23.8 Å². The fraction of sp³-hybridized carbons (Fsp3) is 0.400. The molecule has 7 heteroatoms. The Morgan fingerprint density at radius 1 is 1.32 bits per heavy atom. The molecular formula is C15H17FN4OS. The minimum Gasteiger partial charge on any atom is -0.331 e. The largest absolute Gasteiger partial charge is 0.331 e. The summed E-state index contributed by atoms with van der Waals surface area (Å²) >= 11 is 1.10. The molecule has 1 aliphatic carbocycles. The van der Waals surface area contributed by atoms with E-state index in [0.717, 1.165) is 37.2 Å². The molecule has 2 amide bonds. The fourth-order valence-electron chi connectivity index (χ4n) is 2.98. The highest BCUT2D eigenvalue weighted by Crippen LogP contribution is 2.36. The first kappa shape index (κ1) is 14.9. The van der Waals surface area contributed by atoms with E-state index in [1.54, 1.807) is 18.2 Å². The quantitative estimate of drug-likeness (QED) is 0.902. The minimum absolute atomic E-state index is 0.266. The summed E-state index contributed by atoms with van der Waals surface area (Å²) in [5.74, 6) is -0.0126. The van der Waals surface area contributed by atoms with Crippen molar-refractivity contribution in [3.8, 4) is 0 Å². The van der Waals surface area contributed by atoms with Gasteiger partial charge in [0.05, 0.1) is 12.2 Å². The molecule has 116 valence electrons. The zero-order valence-corrected chi connectivity index (χ0v) is 12.8. The van der Waals surface area contributed by atoms with Crippen molar-refractivity contribution in [1.29, 1.82) is 0 Å². The second-order valence-corrected chi connectivity index (χ2v) is 6.21. The van der Waals surface area contributed by atoms with Gasteiger partial charge in [-0.2, -0.15) is 0 Å². The summed E-state index contributed by atoms with van der Waals surface area (Å²) in [6, 6.07) is 5.97. The maximum absolute atomic E-state index is 14.1. The van der Waals surface area contributed by atoms with Crippen LogP contribution in [-0.4, -0.2) is 15.6 Å². The number of nitrogens with one attached hydrogen (secondary N) is 2. The molecule has 2 N–H and O–H groups in total. The highest BCUT2D eigenvalue weighted by atomic mass is 32.1. The third-order valence-electron chi connectivity index (χ3n) is 4.00. The summed E-state index contributed by atoms with van der Waals surface area (Å²) in [4.78, 5) is 12.2. The van der Waals surface area contributed by atoms with E-state index in [1.807, 2.05) is 0 Å². The van der Waals surface area contributed by atoms with Crippen LogP contribution in [0.4, 0.5) is 14.2 Å². The van der Waals surface area contributed by atoms with Crippen molar-refractivity contribution in [1.82, 2.24) is 14.9 Å². The number of aromatic nitrogens is 2. The monoisotopic (exact) mass is 320 g/mol. The van der Waals surface area contributed by atoms with E-state index in [2.05, 4.69) is 20.2 Å². The molecule has 22 heavy (non-hydrogen) atoms. The second-order valence-electron chi connectivity index (χ2n) is 5.42. The Hall–Kier alpha value is -2.02. The highest BCUT2D eigenvalue weighted by Gasteiger charge is 2.29. The zero-order chi connectivity index (χ0) is 15.4. The summed E-state index contributed by atoms with van der Waals surface area (Å²) < 4.78 is 17.8. The summed E-state index contributed by atoms with van der Waals surface area (Å²) in [6.45, 7) is 0. The molecule has 2 aromatic rings. The normalized spacial score (nSPS) is 16.4. The van der Waals surface area contributed by atoms with Gasteiger partial charge in [-0.25, -0.2) is 9.18 Å². The van der Waals surface area contributed by atoms with Crippen molar-refractivity contribution >= 4 is 22.6 Å². The molecule has 3 rings (SSSR count). The third kappa shape index (κ3) is 3.41.